The fraction of sp³-hybridized carbons (Fsp3) is 0.381. The topological polar surface area (TPSA) is 44.4 Å². The number of hydrogen-bond acceptors (Lipinski definition) is 2. The standard InChI is InChI=1S/C21H24FN3O/c22-16-7-4-8-17(11-16)23-21(26)24-18-12-19-9-10-20(13-18)25(19)14-15-5-2-1-3-6-15/h1-8,11,18-20H,9-10,12-14H2,(H2,23,24,26)/t19-,20-/m1/s1. The van der Waals surface area contributed by atoms with E-state index in [0.29, 0.717) is 17.8 Å². The number of nitrogens with one attached hydrogen (secondary N) is 2. The summed E-state index contributed by atoms with van der Waals surface area (Å²) in [6.07, 6.45) is 4.34. The van der Waals surface area contributed by atoms with Gasteiger partial charge in [0, 0.05) is 30.4 Å². The van der Waals surface area contributed by atoms with E-state index in [-0.39, 0.29) is 17.9 Å². The third-order valence-electron chi connectivity index (χ3n) is 5.51. The van der Waals surface area contributed by atoms with Gasteiger partial charge < -0.3 is 10.6 Å². The van der Waals surface area contributed by atoms with Crippen LogP contribution in [0.2, 0.25) is 0 Å². The van der Waals surface area contributed by atoms with Gasteiger partial charge in [-0.25, -0.2) is 9.18 Å². The fourth-order valence-corrected chi connectivity index (χ4v) is 4.36. The van der Waals surface area contributed by atoms with E-state index >= 15 is 0 Å². The fourth-order valence-electron chi connectivity index (χ4n) is 4.36. The minimum atomic E-state index is -0.352. The molecular weight excluding hydrogens is 329 g/mol. The van der Waals surface area contributed by atoms with Gasteiger partial charge in [0.1, 0.15) is 5.82 Å². The van der Waals surface area contributed by atoms with Crippen LogP contribution in [-0.2, 0) is 6.54 Å². The lowest BCUT2D eigenvalue weighted by Crippen LogP contribution is -2.50. The molecule has 0 unspecified atom stereocenters. The van der Waals surface area contributed by atoms with Gasteiger partial charge in [0.25, 0.3) is 0 Å². The molecule has 0 aromatic heterocycles. The largest absolute Gasteiger partial charge is 0.335 e. The number of carbonyl (C=O) groups excluding carboxylic acids is 1. The first-order valence-corrected chi connectivity index (χ1v) is 9.30. The molecule has 2 atom stereocenters. The highest BCUT2D eigenvalue weighted by Crippen LogP contribution is 2.36. The molecule has 2 aliphatic rings. The lowest BCUT2D eigenvalue weighted by Gasteiger charge is -2.39. The highest BCUT2D eigenvalue weighted by molar-refractivity contribution is 5.89. The summed E-state index contributed by atoms with van der Waals surface area (Å²) in [4.78, 5) is 14.8. The Labute approximate surface area is 153 Å². The maximum Gasteiger partial charge on any atom is 0.319 e. The molecule has 2 aliphatic heterocycles. The van der Waals surface area contributed by atoms with Crippen LogP contribution in [0.4, 0.5) is 14.9 Å². The number of benzene rings is 2. The van der Waals surface area contributed by atoms with Crippen LogP contribution in [0.5, 0.6) is 0 Å². The SMILES string of the molecule is O=C(Nc1cccc(F)c1)NC1C[C@H]2CC[C@H](C1)N2Cc1ccccc1. The Hall–Kier alpha value is -2.40. The molecule has 2 amide bonds. The van der Waals surface area contributed by atoms with Crippen LogP contribution in [0.1, 0.15) is 31.2 Å². The zero-order valence-electron chi connectivity index (χ0n) is 14.7. The lowest BCUT2D eigenvalue weighted by molar-refractivity contribution is 0.112. The number of fused-ring (bicyclic) bond motifs is 2. The van der Waals surface area contributed by atoms with E-state index in [1.54, 1.807) is 12.1 Å². The Morgan fingerprint density at radius 1 is 1.04 bits per heavy atom. The van der Waals surface area contributed by atoms with Crippen molar-refractivity contribution < 1.29 is 9.18 Å². The van der Waals surface area contributed by atoms with Gasteiger partial charge in [0.15, 0.2) is 0 Å². The predicted molar refractivity (Wildman–Crippen MR) is 100 cm³/mol. The quantitative estimate of drug-likeness (QED) is 0.867. The molecule has 26 heavy (non-hydrogen) atoms. The number of hydrogen-bond donors (Lipinski definition) is 2. The second-order valence-electron chi connectivity index (χ2n) is 7.32. The van der Waals surface area contributed by atoms with Crippen LogP contribution in [0.15, 0.2) is 54.6 Å². The van der Waals surface area contributed by atoms with Crippen LogP contribution in [0, 0.1) is 5.82 Å². The summed E-state index contributed by atoms with van der Waals surface area (Å²) in [5.74, 6) is -0.352. The van der Waals surface area contributed by atoms with Crippen molar-refractivity contribution in [2.75, 3.05) is 5.32 Å². The maximum atomic E-state index is 13.2. The van der Waals surface area contributed by atoms with E-state index in [0.717, 1.165) is 19.4 Å². The predicted octanol–water partition coefficient (Wildman–Crippen LogP) is 4.14. The van der Waals surface area contributed by atoms with E-state index in [1.807, 2.05) is 6.07 Å². The van der Waals surface area contributed by atoms with Crippen molar-refractivity contribution in [3.63, 3.8) is 0 Å². The number of carbonyl (C=O) groups is 1. The summed E-state index contributed by atoms with van der Waals surface area (Å²) >= 11 is 0. The van der Waals surface area contributed by atoms with Gasteiger partial charge in [0.05, 0.1) is 0 Å². The number of anilines is 1. The summed E-state index contributed by atoms with van der Waals surface area (Å²) in [5.41, 5.74) is 1.83. The zero-order valence-corrected chi connectivity index (χ0v) is 14.7. The summed E-state index contributed by atoms with van der Waals surface area (Å²) < 4.78 is 13.2. The zero-order chi connectivity index (χ0) is 17.9. The van der Waals surface area contributed by atoms with Gasteiger partial charge in [-0.2, -0.15) is 0 Å². The number of amides is 2. The molecule has 2 fully saturated rings. The molecule has 2 saturated heterocycles. The minimum Gasteiger partial charge on any atom is -0.335 e. The normalized spacial score (nSPS) is 25.0. The van der Waals surface area contributed by atoms with Crippen molar-refractivity contribution in [1.82, 2.24) is 10.2 Å². The van der Waals surface area contributed by atoms with Gasteiger partial charge in [0.2, 0.25) is 0 Å². The Balaban J connectivity index is 1.33. The van der Waals surface area contributed by atoms with Crippen LogP contribution in [0.25, 0.3) is 0 Å². The first-order chi connectivity index (χ1) is 12.7. The third-order valence-corrected chi connectivity index (χ3v) is 5.51. The number of halogens is 1. The molecule has 2 heterocycles. The molecule has 2 bridgehead atoms. The molecular formula is C21H24FN3O. The van der Waals surface area contributed by atoms with Gasteiger partial charge in [-0.3, -0.25) is 4.90 Å². The second kappa shape index (κ2) is 7.46. The molecule has 2 aromatic carbocycles. The van der Waals surface area contributed by atoms with E-state index in [9.17, 15) is 9.18 Å². The summed E-state index contributed by atoms with van der Waals surface area (Å²) in [6.45, 7) is 0.985. The van der Waals surface area contributed by atoms with Gasteiger partial charge in [-0.05, 0) is 49.4 Å². The molecule has 0 radical (unpaired) electrons. The molecule has 0 aliphatic carbocycles. The van der Waals surface area contributed by atoms with Gasteiger partial charge in [-0.15, -0.1) is 0 Å². The molecule has 5 heteroatoms. The van der Waals surface area contributed by atoms with Crippen molar-refractivity contribution in [1.29, 1.82) is 0 Å². The van der Waals surface area contributed by atoms with Gasteiger partial charge >= 0.3 is 6.03 Å². The highest BCUT2D eigenvalue weighted by Gasteiger charge is 2.40. The number of rotatable bonds is 4. The van der Waals surface area contributed by atoms with Gasteiger partial charge in [-0.1, -0.05) is 36.4 Å². The van der Waals surface area contributed by atoms with Crippen molar-refractivity contribution in [3.05, 3.63) is 66.0 Å². The molecule has 136 valence electrons. The van der Waals surface area contributed by atoms with E-state index < -0.39 is 0 Å². The number of nitrogens with zero attached hydrogens (tertiary/aromatic N) is 1. The Morgan fingerprint density at radius 3 is 2.46 bits per heavy atom. The highest BCUT2D eigenvalue weighted by atomic mass is 19.1. The molecule has 2 N–H and O–H groups in total. The molecule has 0 spiro atoms. The van der Waals surface area contributed by atoms with Crippen molar-refractivity contribution in [3.8, 4) is 0 Å². The van der Waals surface area contributed by atoms with Crippen LogP contribution < -0.4 is 10.6 Å². The Bertz CT molecular complexity index is 753. The molecule has 4 nitrogen and oxygen atoms in total. The maximum absolute atomic E-state index is 13.2. The first-order valence-electron chi connectivity index (χ1n) is 9.30. The summed E-state index contributed by atoms with van der Waals surface area (Å²) in [6, 6.07) is 17.5. The molecule has 4 rings (SSSR count). The average Bonchev–Trinajstić information content (AvgIpc) is 2.85. The van der Waals surface area contributed by atoms with E-state index in [4.69, 9.17) is 0 Å². The van der Waals surface area contributed by atoms with Crippen LogP contribution in [-0.4, -0.2) is 29.1 Å². The minimum absolute atomic E-state index is 0.174. The molecule has 0 saturated carbocycles. The number of urea groups is 1. The number of piperidine rings is 1. The summed E-state index contributed by atoms with van der Waals surface area (Å²) in [7, 11) is 0. The van der Waals surface area contributed by atoms with Crippen LogP contribution >= 0.6 is 0 Å². The Kier molecular flexibility index (Phi) is 4.89. The lowest BCUT2D eigenvalue weighted by atomic mass is 9.96. The van der Waals surface area contributed by atoms with E-state index in [2.05, 4.69) is 39.8 Å². The summed E-state index contributed by atoms with van der Waals surface area (Å²) in [5, 5.41) is 5.80. The van der Waals surface area contributed by atoms with Crippen LogP contribution in [0.3, 0.4) is 0 Å². The van der Waals surface area contributed by atoms with Crippen molar-refractivity contribution >= 4 is 11.7 Å². The average molecular weight is 353 g/mol. The smallest absolute Gasteiger partial charge is 0.319 e. The first kappa shape index (κ1) is 17.0. The molecule has 2 aromatic rings. The van der Waals surface area contributed by atoms with E-state index in [1.165, 1.54) is 30.5 Å². The third kappa shape index (κ3) is 3.88. The monoisotopic (exact) mass is 353 g/mol. The Morgan fingerprint density at radius 2 is 1.77 bits per heavy atom. The second-order valence-corrected chi connectivity index (χ2v) is 7.32. The van der Waals surface area contributed by atoms with Crippen molar-refractivity contribution in [2.24, 2.45) is 0 Å². The van der Waals surface area contributed by atoms with Crippen molar-refractivity contribution in [2.45, 2.75) is 50.4 Å².